The van der Waals surface area contributed by atoms with Gasteiger partial charge in [-0.3, -0.25) is 0 Å². The van der Waals surface area contributed by atoms with Crippen LogP contribution in [-0.4, -0.2) is 20.2 Å². The molecule has 0 saturated heterocycles. The first-order valence-corrected chi connectivity index (χ1v) is 10.4. The van der Waals surface area contributed by atoms with E-state index in [1.165, 1.54) is 63.4 Å². The molecular weight excluding hydrogens is 322 g/mol. The molecule has 0 fully saturated rings. The van der Waals surface area contributed by atoms with E-state index >= 15 is 0 Å². The van der Waals surface area contributed by atoms with E-state index in [0.717, 1.165) is 25.3 Å². The molecule has 26 heavy (non-hydrogen) atoms. The first kappa shape index (κ1) is 20.6. The average Bonchev–Trinajstić information content (AvgIpc) is 3.12. The van der Waals surface area contributed by atoms with Gasteiger partial charge < -0.3 is 5.32 Å². The minimum Gasteiger partial charge on any atom is -0.306 e. The minimum atomic E-state index is 0.660. The average molecular weight is 358 g/mol. The number of unbranched alkanes of at least 4 members (excludes halogenated alkanes) is 9. The second-order valence-corrected chi connectivity index (χ2v) is 7.07. The van der Waals surface area contributed by atoms with E-state index in [4.69, 9.17) is 0 Å². The molecular formula is C21H35N5. The standard InChI is InChI=1S/C21H35N5/c1-2-3-4-5-6-7-8-9-10-14-17-26-24-21(23-25-26)19-22-18-20-15-12-11-13-16-20/h11-13,15-16,22H,2-10,14,17-19H2,1H3. The van der Waals surface area contributed by atoms with Crippen LogP contribution in [-0.2, 0) is 19.6 Å². The largest absolute Gasteiger partial charge is 0.306 e. The fourth-order valence-corrected chi connectivity index (χ4v) is 3.10. The van der Waals surface area contributed by atoms with Crippen molar-refractivity contribution in [2.24, 2.45) is 0 Å². The third-order valence-corrected chi connectivity index (χ3v) is 4.66. The molecule has 2 aromatic rings. The third kappa shape index (κ3) is 9.09. The van der Waals surface area contributed by atoms with Crippen molar-refractivity contribution in [1.29, 1.82) is 0 Å². The summed E-state index contributed by atoms with van der Waals surface area (Å²) in [6.45, 7) is 4.64. The van der Waals surface area contributed by atoms with Crippen molar-refractivity contribution >= 4 is 0 Å². The summed E-state index contributed by atoms with van der Waals surface area (Å²) < 4.78 is 0. The summed E-state index contributed by atoms with van der Waals surface area (Å²) in [5.41, 5.74) is 1.27. The van der Waals surface area contributed by atoms with Crippen molar-refractivity contribution < 1.29 is 0 Å². The summed E-state index contributed by atoms with van der Waals surface area (Å²) in [7, 11) is 0. The van der Waals surface area contributed by atoms with E-state index < -0.39 is 0 Å². The predicted octanol–water partition coefficient (Wildman–Crippen LogP) is 4.88. The Balaban J connectivity index is 1.47. The molecule has 0 aliphatic heterocycles. The molecule has 5 nitrogen and oxygen atoms in total. The van der Waals surface area contributed by atoms with Crippen molar-refractivity contribution in [3.05, 3.63) is 41.7 Å². The molecule has 0 aliphatic rings. The number of hydrogen-bond acceptors (Lipinski definition) is 4. The van der Waals surface area contributed by atoms with Gasteiger partial charge in [0.1, 0.15) is 0 Å². The number of hydrogen-bond donors (Lipinski definition) is 1. The molecule has 144 valence electrons. The van der Waals surface area contributed by atoms with E-state index in [1.54, 1.807) is 4.80 Å². The van der Waals surface area contributed by atoms with Crippen LogP contribution in [0.25, 0.3) is 0 Å². The lowest BCUT2D eigenvalue weighted by Crippen LogP contribution is -2.14. The summed E-state index contributed by atoms with van der Waals surface area (Å²) in [6.07, 6.45) is 13.5. The Labute approximate surface area is 158 Å². The highest BCUT2D eigenvalue weighted by Gasteiger charge is 2.02. The van der Waals surface area contributed by atoms with Gasteiger partial charge >= 0.3 is 0 Å². The van der Waals surface area contributed by atoms with Gasteiger partial charge in [-0.2, -0.15) is 4.80 Å². The highest BCUT2D eigenvalue weighted by molar-refractivity contribution is 5.14. The summed E-state index contributed by atoms with van der Waals surface area (Å²) in [5, 5.41) is 16.1. The van der Waals surface area contributed by atoms with Gasteiger partial charge in [0, 0.05) is 6.54 Å². The van der Waals surface area contributed by atoms with Crippen molar-refractivity contribution in [3.63, 3.8) is 0 Å². The van der Waals surface area contributed by atoms with Gasteiger partial charge in [0.05, 0.1) is 13.1 Å². The summed E-state index contributed by atoms with van der Waals surface area (Å²) in [4.78, 5) is 1.74. The van der Waals surface area contributed by atoms with Gasteiger partial charge in [-0.15, -0.1) is 10.2 Å². The van der Waals surface area contributed by atoms with Crippen LogP contribution >= 0.6 is 0 Å². The molecule has 1 heterocycles. The summed E-state index contributed by atoms with van der Waals surface area (Å²) in [6, 6.07) is 10.4. The van der Waals surface area contributed by atoms with E-state index in [1.807, 2.05) is 6.07 Å². The normalized spacial score (nSPS) is 11.1. The first-order chi connectivity index (χ1) is 12.9. The summed E-state index contributed by atoms with van der Waals surface area (Å²) >= 11 is 0. The number of nitrogens with zero attached hydrogens (tertiary/aromatic N) is 4. The van der Waals surface area contributed by atoms with Crippen molar-refractivity contribution in [2.45, 2.75) is 90.8 Å². The van der Waals surface area contributed by atoms with Crippen molar-refractivity contribution in [1.82, 2.24) is 25.5 Å². The Morgan fingerprint density at radius 1 is 0.808 bits per heavy atom. The maximum absolute atomic E-state index is 4.45. The second kappa shape index (κ2) is 13.5. The van der Waals surface area contributed by atoms with Crippen LogP contribution in [0, 0.1) is 0 Å². The van der Waals surface area contributed by atoms with Crippen LogP contribution in [0.4, 0.5) is 0 Å². The molecule has 0 amide bonds. The molecule has 1 N–H and O–H groups in total. The Hall–Kier alpha value is -1.75. The Kier molecular flexibility index (Phi) is 10.6. The first-order valence-electron chi connectivity index (χ1n) is 10.4. The number of nitrogens with one attached hydrogen (secondary N) is 1. The number of aryl methyl sites for hydroxylation is 1. The topological polar surface area (TPSA) is 55.6 Å². The molecule has 0 atom stereocenters. The van der Waals surface area contributed by atoms with Gasteiger partial charge in [-0.1, -0.05) is 95.0 Å². The van der Waals surface area contributed by atoms with E-state index in [0.29, 0.717) is 6.54 Å². The van der Waals surface area contributed by atoms with Crippen LogP contribution < -0.4 is 5.32 Å². The molecule has 2 rings (SSSR count). The highest BCUT2D eigenvalue weighted by atomic mass is 15.6. The third-order valence-electron chi connectivity index (χ3n) is 4.66. The smallest absolute Gasteiger partial charge is 0.188 e. The van der Waals surface area contributed by atoms with Gasteiger partial charge in [0.15, 0.2) is 5.82 Å². The van der Waals surface area contributed by atoms with E-state index in [-0.39, 0.29) is 0 Å². The second-order valence-electron chi connectivity index (χ2n) is 7.07. The quantitative estimate of drug-likeness (QED) is 0.461. The van der Waals surface area contributed by atoms with Crippen molar-refractivity contribution in [3.8, 4) is 0 Å². The van der Waals surface area contributed by atoms with Crippen LogP contribution in [0.5, 0.6) is 0 Å². The van der Waals surface area contributed by atoms with Crippen LogP contribution in [0.3, 0.4) is 0 Å². The minimum absolute atomic E-state index is 0.660. The number of rotatable bonds is 15. The SMILES string of the molecule is CCCCCCCCCCCCn1nnc(CNCc2ccccc2)n1. The monoisotopic (exact) mass is 357 g/mol. The van der Waals surface area contributed by atoms with Crippen LogP contribution in [0.1, 0.15) is 82.5 Å². The molecule has 1 aromatic heterocycles. The zero-order valence-electron chi connectivity index (χ0n) is 16.4. The molecule has 0 bridgehead atoms. The lowest BCUT2D eigenvalue weighted by molar-refractivity contribution is 0.469. The van der Waals surface area contributed by atoms with Gasteiger partial charge in [0.2, 0.25) is 0 Å². The highest BCUT2D eigenvalue weighted by Crippen LogP contribution is 2.10. The number of tetrazole rings is 1. The Bertz CT molecular complexity index is 567. The fourth-order valence-electron chi connectivity index (χ4n) is 3.10. The molecule has 0 saturated carbocycles. The Morgan fingerprint density at radius 3 is 2.15 bits per heavy atom. The number of aromatic nitrogens is 4. The maximum atomic E-state index is 4.45. The van der Waals surface area contributed by atoms with Gasteiger partial charge in [-0.05, 0) is 17.2 Å². The van der Waals surface area contributed by atoms with Crippen LogP contribution in [0.2, 0.25) is 0 Å². The Morgan fingerprint density at radius 2 is 1.46 bits per heavy atom. The molecule has 0 aliphatic carbocycles. The zero-order valence-corrected chi connectivity index (χ0v) is 16.4. The van der Waals surface area contributed by atoms with Gasteiger partial charge in [0.25, 0.3) is 0 Å². The van der Waals surface area contributed by atoms with Crippen molar-refractivity contribution in [2.75, 3.05) is 0 Å². The zero-order chi connectivity index (χ0) is 18.3. The number of benzene rings is 1. The predicted molar refractivity (Wildman–Crippen MR) is 107 cm³/mol. The lowest BCUT2D eigenvalue weighted by Gasteiger charge is -2.02. The molecule has 0 unspecified atom stereocenters. The molecule has 5 heteroatoms. The molecule has 0 spiro atoms. The molecule has 0 radical (unpaired) electrons. The van der Waals surface area contributed by atoms with E-state index in [9.17, 15) is 0 Å². The fraction of sp³-hybridized carbons (Fsp3) is 0.667. The molecule has 1 aromatic carbocycles. The van der Waals surface area contributed by atoms with Gasteiger partial charge in [-0.25, -0.2) is 0 Å². The maximum Gasteiger partial charge on any atom is 0.188 e. The van der Waals surface area contributed by atoms with Crippen LogP contribution in [0.15, 0.2) is 30.3 Å². The van der Waals surface area contributed by atoms with E-state index in [2.05, 4.69) is 51.9 Å². The lowest BCUT2D eigenvalue weighted by atomic mass is 10.1. The summed E-state index contributed by atoms with van der Waals surface area (Å²) in [5.74, 6) is 0.771.